The molecule has 0 amide bonds. The fourth-order valence-corrected chi connectivity index (χ4v) is 10.2. The van der Waals surface area contributed by atoms with Gasteiger partial charge in [-0.2, -0.15) is 0 Å². The molecule has 0 aliphatic carbocycles. The number of carboxylic acid groups (broad SMARTS) is 1. The SMILES string of the molecule is CC(C)C(C)OC(C(C)C(=O)O)C(OCCC(=O)OCCOCCOCCOCCn1cc(CN2CCS(=O)(=O)CC2)nn1)C(OCCC(=O)OCCOCCOCCOCCn1cc(CN2CCS(=O)(=O)CC2)nn1)C(O)O. The summed E-state index contributed by atoms with van der Waals surface area (Å²) in [6.45, 7) is 13.2. The van der Waals surface area contributed by atoms with Crippen molar-refractivity contribution in [2.24, 2.45) is 11.8 Å². The lowest BCUT2D eigenvalue weighted by Crippen LogP contribution is -2.53. The van der Waals surface area contributed by atoms with Gasteiger partial charge in [-0.25, -0.2) is 26.2 Å². The number of aliphatic carboxylic acids is 1. The van der Waals surface area contributed by atoms with Crippen molar-refractivity contribution in [1.29, 1.82) is 0 Å². The van der Waals surface area contributed by atoms with Crippen LogP contribution < -0.4 is 0 Å². The summed E-state index contributed by atoms with van der Waals surface area (Å²) in [6.07, 6.45) is -4.05. The molecule has 2 aromatic heterocycles. The van der Waals surface area contributed by atoms with Gasteiger partial charge in [-0.3, -0.25) is 24.2 Å². The summed E-state index contributed by atoms with van der Waals surface area (Å²) >= 11 is 0. The Kier molecular flexibility index (Phi) is 31.8. The number of carbonyl (C=O) groups is 3. The number of carboxylic acids is 1. The van der Waals surface area contributed by atoms with E-state index in [2.05, 4.69) is 20.6 Å². The third kappa shape index (κ3) is 28.6. The monoisotopic (exact) mass is 1170 g/mol. The van der Waals surface area contributed by atoms with Gasteiger partial charge in [0, 0.05) is 51.7 Å². The van der Waals surface area contributed by atoms with Crippen LogP contribution in [0.15, 0.2) is 12.4 Å². The Morgan fingerprint density at radius 3 is 1.27 bits per heavy atom. The average Bonchev–Trinajstić information content (AvgIpc) is 4.07. The third-order valence-electron chi connectivity index (χ3n) is 12.6. The van der Waals surface area contributed by atoms with E-state index in [0.29, 0.717) is 92.0 Å². The molecular formula is C48H84N8O21S2. The number of ether oxygens (including phenoxy) is 11. The van der Waals surface area contributed by atoms with Crippen molar-refractivity contribution >= 4 is 37.6 Å². The quantitative estimate of drug-likeness (QED) is 0.0375. The first-order valence-corrected chi connectivity index (χ1v) is 30.3. The lowest BCUT2D eigenvalue weighted by molar-refractivity contribution is -0.231. The molecule has 0 radical (unpaired) electrons. The van der Waals surface area contributed by atoms with Gasteiger partial charge in [0.05, 0.1) is 171 Å². The molecule has 0 saturated carbocycles. The van der Waals surface area contributed by atoms with Crippen molar-refractivity contribution < 1.29 is 98.6 Å². The first-order chi connectivity index (χ1) is 37.8. The lowest BCUT2D eigenvalue weighted by Gasteiger charge is -2.38. The van der Waals surface area contributed by atoms with E-state index in [-0.39, 0.29) is 108 Å². The molecule has 29 nitrogen and oxygen atoms in total. The van der Waals surface area contributed by atoms with E-state index >= 15 is 0 Å². The molecule has 5 atom stereocenters. The maximum atomic E-state index is 12.6. The van der Waals surface area contributed by atoms with Gasteiger partial charge in [0.15, 0.2) is 26.0 Å². The van der Waals surface area contributed by atoms with Gasteiger partial charge in [-0.1, -0.05) is 24.3 Å². The maximum Gasteiger partial charge on any atom is 0.308 e. The average molecular weight is 1170 g/mol. The van der Waals surface area contributed by atoms with Crippen LogP contribution in [-0.2, 0) is 112 Å². The highest BCUT2D eigenvalue weighted by Gasteiger charge is 2.42. The predicted molar refractivity (Wildman–Crippen MR) is 278 cm³/mol. The van der Waals surface area contributed by atoms with E-state index in [1.165, 1.54) is 6.92 Å². The number of sulfone groups is 2. The van der Waals surface area contributed by atoms with Crippen LogP contribution in [0.3, 0.4) is 0 Å². The van der Waals surface area contributed by atoms with Crippen molar-refractivity contribution in [1.82, 2.24) is 39.8 Å². The van der Waals surface area contributed by atoms with Crippen molar-refractivity contribution in [2.75, 3.05) is 155 Å². The third-order valence-corrected chi connectivity index (χ3v) is 15.8. The van der Waals surface area contributed by atoms with Crippen molar-refractivity contribution in [2.45, 2.75) is 97.4 Å². The van der Waals surface area contributed by atoms with Crippen LogP contribution in [0.25, 0.3) is 0 Å². The molecular weight excluding hydrogens is 1090 g/mol. The fraction of sp³-hybridized carbons (Fsp3) is 0.854. The summed E-state index contributed by atoms with van der Waals surface area (Å²) in [7, 11) is -5.89. The highest BCUT2D eigenvalue weighted by molar-refractivity contribution is 7.91. The van der Waals surface area contributed by atoms with Crippen LogP contribution in [0.2, 0.25) is 0 Å². The van der Waals surface area contributed by atoms with Crippen LogP contribution in [0.4, 0.5) is 0 Å². The number of aliphatic hydroxyl groups is 2. The normalized spacial score (nSPS) is 17.9. The molecule has 79 heavy (non-hydrogen) atoms. The molecule has 4 heterocycles. The van der Waals surface area contributed by atoms with E-state index in [1.807, 2.05) is 36.0 Å². The Morgan fingerprint density at radius 2 is 0.899 bits per heavy atom. The van der Waals surface area contributed by atoms with Gasteiger partial charge in [-0.15, -0.1) is 10.2 Å². The zero-order valence-corrected chi connectivity index (χ0v) is 47.6. The van der Waals surface area contributed by atoms with Crippen molar-refractivity contribution in [3.63, 3.8) is 0 Å². The topological polar surface area (TPSA) is 350 Å². The Balaban J connectivity index is 1.04. The van der Waals surface area contributed by atoms with E-state index in [4.69, 9.17) is 52.1 Å². The second kappa shape index (κ2) is 37.2. The lowest BCUT2D eigenvalue weighted by atomic mass is 9.94. The standard InChI is InChI=1S/C48H84N8O21S2/c1-37(2)39(4)77-44(38(3)47(59)60)45(75-13-5-42(57)73-27-25-71-23-21-69-19-17-67-15-7-55-35-40(49-51-55)33-53-9-29-78(63,64)30-10-53)46(48(61)62)76-14-6-43(58)74-28-26-72-24-22-70-20-18-68-16-8-56-36-41(50-52-56)34-54-11-31-79(65,66)32-12-54/h35-39,44-46,48,61-62H,5-34H2,1-4H3,(H,59,60). The maximum absolute atomic E-state index is 12.6. The summed E-state index contributed by atoms with van der Waals surface area (Å²) in [5.74, 6) is -3.30. The van der Waals surface area contributed by atoms with Gasteiger partial charge in [0.2, 0.25) is 0 Å². The molecule has 0 aromatic carbocycles. The van der Waals surface area contributed by atoms with Gasteiger partial charge in [0.1, 0.15) is 25.4 Å². The van der Waals surface area contributed by atoms with Crippen LogP contribution >= 0.6 is 0 Å². The molecule has 2 fully saturated rings. The number of aliphatic hydroxyl groups excluding tert-OH is 1. The van der Waals surface area contributed by atoms with E-state index in [9.17, 15) is 46.5 Å². The molecule has 3 N–H and O–H groups in total. The number of hydrogen-bond donors (Lipinski definition) is 3. The van der Waals surface area contributed by atoms with Gasteiger partial charge < -0.3 is 67.4 Å². The Bertz CT molecular complexity index is 2230. The first-order valence-electron chi connectivity index (χ1n) is 26.7. The van der Waals surface area contributed by atoms with E-state index in [1.54, 1.807) is 16.3 Å². The minimum absolute atomic E-state index is 0.0727. The zero-order valence-electron chi connectivity index (χ0n) is 46.0. The van der Waals surface area contributed by atoms with Crippen LogP contribution in [0.5, 0.6) is 0 Å². The number of rotatable bonds is 44. The van der Waals surface area contributed by atoms with E-state index < -0.39 is 74.2 Å². The summed E-state index contributed by atoms with van der Waals surface area (Å²) in [5, 5.41) is 47.5. The first kappa shape index (κ1) is 67.6. The molecule has 5 unspecified atom stereocenters. The Hall–Kier alpha value is -3.93. The molecule has 2 aliphatic rings. The molecule has 2 aliphatic heterocycles. The van der Waals surface area contributed by atoms with Crippen LogP contribution in [0, 0.1) is 11.8 Å². The largest absolute Gasteiger partial charge is 0.481 e. The Morgan fingerprint density at radius 1 is 0.532 bits per heavy atom. The summed E-state index contributed by atoms with van der Waals surface area (Å²) in [4.78, 5) is 41.6. The minimum atomic E-state index is -2.95. The number of nitrogens with zero attached hydrogens (tertiary/aromatic N) is 8. The fourth-order valence-electron chi connectivity index (χ4n) is 7.60. The summed E-state index contributed by atoms with van der Waals surface area (Å²) < 4.78 is 111. The molecule has 2 aromatic rings. The van der Waals surface area contributed by atoms with Gasteiger partial charge >= 0.3 is 17.9 Å². The van der Waals surface area contributed by atoms with Crippen LogP contribution in [-0.4, -0.2) is 275 Å². The summed E-state index contributed by atoms with van der Waals surface area (Å²) in [5.41, 5.74) is 1.52. The molecule has 454 valence electrons. The molecule has 4 rings (SSSR count). The number of hydrogen-bond acceptors (Lipinski definition) is 26. The molecule has 31 heteroatoms. The van der Waals surface area contributed by atoms with Gasteiger partial charge in [0.25, 0.3) is 0 Å². The number of esters is 2. The zero-order chi connectivity index (χ0) is 57.5. The smallest absolute Gasteiger partial charge is 0.308 e. The second-order valence-corrected chi connectivity index (χ2v) is 23.8. The van der Waals surface area contributed by atoms with Gasteiger partial charge in [-0.05, 0) is 19.8 Å². The molecule has 2 saturated heterocycles. The van der Waals surface area contributed by atoms with Crippen LogP contribution in [0.1, 0.15) is 51.9 Å². The second-order valence-electron chi connectivity index (χ2n) is 19.2. The highest BCUT2D eigenvalue weighted by atomic mass is 32.2. The Labute approximate surface area is 462 Å². The summed E-state index contributed by atoms with van der Waals surface area (Å²) in [6, 6.07) is 0. The predicted octanol–water partition coefficient (Wildman–Crippen LogP) is -1.77. The minimum Gasteiger partial charge on any atom is -0.481 e. The van der Waals surface area contributed by atoms with Crippen molar-refractivity contribution in [3.8, 4) is 0 Å². The van der Waals surface area contributed by atoms with Crippen molar-refractivity contribution in [3.05, 3.63) is 23.8 Å². The molecule has 0 spiro atoms. The highest BCUT2D eigenvalue weighted by Crippen LogP contribution is 2.25. The van der Waals surface area contributed by atoms with E-state index in [0.717, 1.165) is 11.4 Å². The molecule has 0 bridgehead atoms. The number of carbonyl (C=O) groups excluding carboxylic acids is 2. The number of aromatic nitrogens is 6.